The summed E-state index contributed by atoms with van der Waals surface area (Å²) in [4.78, 5) is 4.49. The highest BCUT2D eigenvalue weighted by molar-refractivity contribution is 7.12. The van der Waals surface area contributed by atoms with E-state index in [4.69, 9.17) is 0 Å². The molecular formula is C17H23FN2S. The van der Waals surface area contributed by atoms with Gasteiger partial charge in [-0.3, -0.25) is 0 Å². The van der Waals surface area contributed by atoms with Gasteiger partial charge in [-0.05, 0) is 58.0 Å². The van der Waals surface area contributed by atoms with E-state index in [0.29, 0.717) is 5.69 Å². The van der Waals surface area contributed by atoms with Gasteiger partial charge in [0.15, 0.2) is 0 Å². The van der Waals surface area contributed by atoms with Crippen LogP contribution >= 0.6 is 11.3 Å². The SMILES string of the molecule is Cc1ccc(C(C)Nc2ccc(N(C)C(C)C)c(F)c2)s1. The van der Waals surface area contributed by atoms with E-state index in [9.17, 15) is 4.39 Å². The summed E-state index contributed by atoms with van der Waals surface area (Å²) in [6, 6.07) is 10.0. The molecule has 0 saturated heterocycles. The third kappa shape index (κ3) is 3.76. The molecule has 0 spiro atoms. The van der Waals surface area contributed by atoms with E-state index in [1.807, 2.05) is 37.9 Å². The Kier molecular flexibility index (Phi) is 4.88. The van der Waals surface area contributed by atoms with E-state index >= 15 is 0 Å². The summed E-state index contributed by atoms with van der Waals surface area (Å²) in [5.74, 6) is -0.189. The Bertz CT molecular complexity index is 607. The molecule has 114 valence electrons. The van der Waals surface area contributed by atoms with Gasteiger partial charge < -0.3 is 10.2 Å². The summed E-state index contributed by atoms with van der Waals surface area (Å²) in [6.45, 7) is 8.29. The topological polar surface area (TPSA) is 15.3 Å². The normalized spacial score (nSPS) is 12.5. The van der Waals surface area contributed by atoms with E-state index in [0.717, 1.165) is 5.69 Å². The summed E-state index contributed by atoms with van der Waals surface area (Å²) in [5, 5.41) is 3.36. The quantitative estimate of drug-likeness (QED) is 0.815. The lowest BCUT2D eigenvalue weighted by atomic mass is 10.2. The van der Waals surface area contributed by atoms with Crippen molar-refractivity contribution in [2.75, 3.05) is 17.3 Å². The smallest absolute Gasteiger partial charge is 0.148 e. The molecule has 2 aromatic rings. The molecular weight excluding hydrogens is 283 g/mol. The number of nitrogens with one attached hydrogen (secondary N) is 1. The Labute approximate surface area is 130 Å². The van der Waals surface area contributed by atoms with Crippen LogP contribution in [0.2, 0.25) is 0 Å². The van der Waals surface area contributed by atoms with Gasteiger partial charge in [0.2, 0.25) is 0 Å². The number of hydrogen-bond donors (Lipinski definition) is 1. The second kappa shape index (κ2) is 6.48. The molecule has 0 aliphatic heterocycles. The van der Waals surface area contributed by atoms with Crippen molar-refractivity contribution < 1.29 is 4.39 Å². The Morgan fingerprint density at radius 3 is 2.38 bits per heavy atom. The predicted octanol–water partition coefficient (Wildman–Crippen LogP) is 5.21. The monoisotopic (exact) mass is 306 g/mol. The van der Waals surface area contributed by atoms with Crippen LogP contribution < -0.4 is 10.2 Å². The third-order valence-corrected chi connectivity index (χ3v) is 4.86. The molecule has 1 heterocycles. The van der Waals surface area contributed by atoms with E-state index in [1.165, 1.54) is 9.75 Å². The van der Waals surface area contributed by atoms with Crippen molar-refractivity contribution in [1.29, 1.82) is 0 Å². The second-order valence-electron chi connectivity index (χ2n) is 5.69. The van der Waals surface area contributed by atoms with Gasteiger partial charge >= 0.3 is 0 Å². The Hall–Kier alpha value is -1.55. The molecule has 0 radical (unpaired) electrons. The third-order valence-electron chi connectivity index (χ3n) is 3.67. The van der Waals surface area contributed by atoms with Crippen LogP contribution in [0.3, 0.4) is 0 Å². The maximum atomic E-state index is 14.2. The van der Waals surface area contributed by atoms with Crippen molar-refractivity contribution in [2.45, 2.75) is 39.8 Å². The molecule has 0 amide bonds. The van der Waals surface area contributed by atoms with Crippen LogP contribution in [0.1, 0.15) is 36.6 Å². The highest BCUT2D eigenvalue weighted by Crippen LogP contribution is 2.28. The molecule has 1 N–H and O–H groups in total. The second-order valence-corrected chi connectivity index (χ2v) is 7.00. The zero-order valence-corrected chi connectivity index (χ0v) is 14.1. The van der Waals surface area contributed by atoms with Gasteiger partial charge in [-0.1, -0.05) is 0 Å². The minimum Gasteiger partial charge on any atom is -0.378 e. The molecule has 0 bridgehead atoms. The largest absolute Gasteiger partial charge is 0.378 e. The van der Waals surface area contributed by atoms with Gasteiger partial charge in [0, 0.05) is 28.5 Å². The molecule has 0 saturated carbocycles. The summed E-state index contributed by atoms with van der Waals surface area (Å²) in [7, 11) is 1.91. The average molecular weight is 306 g/mol. The fourth-order valence-electron chi connectivity index (χ4n) is 2.17. The van der Waals surface area contributed by atoms with E-state index in [1.54, 1.807) is 17.4 Å². The van der Waals surface area contributed by atoms with Gasteiger partial charge in [0.1, 0.15) is 5.82 Å². The van der Waals surface area contributed by atoms with Crippen LogP contribution in [0.4, 0.5) is 15.8 Å². The summed E-state index contributed by atoms with van der Waals surface area (Å²) >= 11 is 1.77. The Morgan fingerprint density at radius 2 is 1.86 bits per heavy atom. The molecule has 1 atom stereocenters. The van der Waals surface area contributed by atoms with Crippen molar-refractivity contribution in [3.8, 4) is 0 Å². The number of hydrogen-bond acceptors (Lipinski definition) is 3. The number of nitrogens with zero attached hydrogens (tertiary/aromatic N) is 1. The van der Waals surface area contributed by atoms with Gasteiger partial charge in [0.05, 0.1) is 11.7 Å². The highest BCUT2D eigenvalue weighted by Gasteiger charge is 2.13. The van der Waals surface area contributed by atoms with Crippen LogP contribution in [0.25, 0.3) is 0 Å². The molecule has 2 rings (SSSR count). The standard InChI is InChI=1S/C17H23FN2S/c1-11(2)20(5)16-8-7-14(10-15(16)18)19-13(4)17-9-6-12(3)21-17/h6-11,13,19H,1-5H3. The number of aryl methyl sites for hydroxylation is 1. The summed E-state index contributed by atoms with van der Waals surface area (Å²) < 4.78 is 14.2. The maximum absolute atomic E-state index is 14.2. The minimum absolute atomic E-state index is 0.178. The first kappa shape index (κ1) is 15.8. The molecule has 0 fully saturated rings. The molecule has 0 aliphatic rings. The molecule has 1 aromatic heterocycles. The number of benzene rings is 1. The van der Waals surface area contributed by atoms with E-state index in [2.05, 4.69) is 31.3 Å². The number of rotatable bonds is 5. The molecule has 0 aliphatic carbocycles. The number of halogens is 1. The fourth-order valence-corrected chi connectivity index (χ4v) is 3.05. The molecule has 2 nitrogen and oxygen atoms in total. The first-order valence-corrected chi connectivity index (χ1v) is 8.05. The van der Waals surface area contributed by atoms with Crippen molar-refractivity contribution in [3.05, 3.63) is 45.9 Å². The van der Waals surface area contributed by atoms with Crippen molar-refractivity contribution >= 4 is 22.7 Å². The van der Waals surface area contributed by atoms with Gasteiger partial charge in [0.25, 0.3) is 0 Å². The minimum atomic E-state index is -0.189. The van der Waals surface area contributed by atoms with Crippen molar-refractivity contribution in [3.63, 3.8) is 0 Å². The van der Waals surface area contributed by atoms with Gasteiger partial charge in [-0.25, -0.2) is 4.39 Å². The lowest BCUT2D eigenvalue weighted by Crippen LogP contribution is -2.26. The molecule has 4 heteroatoms. The first-order chi connectivity index (χ1) is 9.88. The Morgan fingerprint density at radius 1 is 1.14 bits per heavy atom. The van der Waals surface area contributed by atoms with Crippen LogP contribution in [-0.4, -0.2) is 13.1 Å². The Balaban J connectivity index is 2.13. The van der Waals surface area contributed by atoms with Crippen LogP contribution in [0.15, 0.2) is 30.3 Å². The van der Waals surface area contributed by atoms with E-state index in [-0.39, 0.29) is 17.9 Å². The van der Waals surface area contributed by atoms with Crippen LogP contribution in [-0.2, 0) is 0 Å². The van der Waals surface area contributed by atoms with Gasteiger partial charge in [-0.15, -0.1) is 11.3 Å². The zero-order valence-electron chi connectivity index (χ0n) is 13.3. The fraction of sp³-hybridized carbons (Fsp3) is 0.412. The molecule has 21 heavy (non-hydrogen) atoms. The van der Waals surface area contributed by atoms with Crippen LogP contribution in [0.5, 0.6) is 0 Å². The maximum Gasteiger partial charge on any atom is 0.148 e. The predicted molar refractivity (Wildman–Crippen MR) is 91.0 cm³/mol. The number of thiophene rings is 1. The molecule has 1 unspecified atom stereocenters. The van der Waals surface area contributed by atoms with Crippen molar-refractivity contribution in [2.24, 2.45) is 0 Å². The lowest BCUT2D eigenvalue weighted by Gasteiger charge is -2.25. The molecule has 1 aromatic carbocycles. The van der Waals surface area contributed by atoms with Crippen molar-refractivity contribution in [1.82, 2.24) is 0 Å². The lowest BCUT2D eigenvalue weighted by molar-refractivity contribution is 0.614. The first-order valence-electron chi connectivity index (χ1n) is 7.23. The summed E-state index contributed by atoms with van der Waals surface area (Å²) in [5.41, 5.74) is 1.45. The zero-order chi connectivity index (χ0) is 15.6. The van der Waals surface area contributed by atoms with E-state index < -0.39 is 0 Å². The number of anilines is 2. The van der Waals surface area contributed by atoms with Gasteiger partial charge in [-0.2, -0.15) is 0 Å². The highest BCUT2D eigenvalue weighted by atomic mass is 32.1. The van der Waals surface area contributed by atoms with Crippen LogP contribution in [0, 0.1) is 12.7 Å². The average Bonchev–Trinajstić information content (AvgIpc) is 2.85. The summed E-state index contributed by atoms with van der Waals surface area (Å²) in [6.07, 6.45) is 0.